The van der Waals surface area contributed by atoms with E-state index in [0.717, 1.165) is 25.7 Å². The lowest BCUT2D eigenvalue weighted by Crippen LogP contribution is -2.43. The summed E-state index contributed by atoms with van der Waals surface area (Å²) in [6.45, 7) is 2.47. The van der Waals surface area contributed by atoms with Crippen LogP contribution in [0.4, 0.5) is 4.39 Å². The molecular weight excluding hydrogens is 359 g/mol. The highest BCUT2D eigenvalue weighted by molar-refractivity contribution is 7.89. The summed E-state index contributed by atoms with van der Waals surface area (Å²) in [7, 11) is -3.20. The van der Waals surface area contributed by atoms with Gasteiger partial charge in [-0.15, -0.1) is 0 Å². The zero-order valence-electron chi connectivity index (χ0n) is 15.3. The number of carbonyl (C=O) groups is 1. The monoisotopic (exact) mass is 388 g/mol. The molecule has 4 atom stereocenters. The van der Waals surface area contributed by atoms with Gasteiger partial charge in [0.2, 0.25) is 15.9 Å². The molecule has 26 heavy (non-hydrogen) atoms. The Hall–Kier alpha value is -1.24. The second-order valence-electron chi connectivity index (χ2n) is 7.30. The predicted molar refractivity (Wildman–Crippen MR) is 96.5 cm³/mol. The molecule has 1 amide bonds. The highest BCUT2D eigenvalue weighted by atomic mass is 32.2. The van der Waals surface area contributed by atoms with Crippen molar-refractivity contribution in [3.8, 4) is 6.07 Å². The molecule has 1 aliphatic carbocycles. The molecule has 2 fully saturated rings. The van der Waals surface area contributed by atoms with Crippen LogP contribution in [0.2, 0.25) is 0 Å². The fraction of sp³-hybridized carbons (Fsp3) is 0.882. The van der Waals surface area contributed by atoms with Crippen molar-refractivity contribution in [2.24, 2.45) is 5.92 Å². The van der Waals surface area contributed by atoms with E-state index in [9.17, 15) is 17.6 Å². The first kappa shape index (κ1) is 21.1. The average molecular weight is 389 g/mol. The quantitative estimate of drug-likeness (QED) is 0.612. The minimum Gasteiger partial charge on any atom is -0.323 e. The molecule has 148 valence electrons. The topological polar surface area (TPSA) is 102 Å². The van der Waals surface area contributed by atoms with Crippen molar-refractivity contribution in [2.75, 3.05) is 25.4 Å². The Morgan fingerprint density at radius 1 is 1.35 bits per heavy atom. The summed E-state index contributed by atoms with van der Waals surface area (Å²) in [6.07, 6.45) is 3.05. The van der Waals surface area contributed by atoms with Gasteiger partial charge in [-0.05, 0) is 31.6 Å². The summed E-state index contributed by atoms with van der Waals surface area (Å²) in [4.78, 5) is 13.5. The maximum Gasteiger partial charge on any atom is 0.237 e. The lowest BCUT2D eigenvalue weighted by molar-refractivity contribution is -0.130. The molecule has 0 radical (unpaired) electrons. The predicted octanol–water partition coefficient (Wildman–Crippen LogP) is 0.927. The largest absolute Gasteiger partial charge is 0.323 e. The number of rotatable bonds is 9. The summed E-state index contributed by atoms with van der Waals surface area (Å²) in [5, 5.41) is 12.2. The third kappa shape index (κ3) is 6.18. The number of carbonyl (C=O) groups excluding carboxylic acids is 1. The van der Waals surface area contributed by atoms with Gasteiger partial charge in [0.1, 0.15) is 12.2 Å². The van der Waals surface area contributed by atoms with E-state index in [1.165, 1.54) is 4.90 Å². The molecule has 0 bridgehead atoms. The standard InChI is InChI=1S/C17H29FN4O3S/c1-2-3-6-26(24,25)21-10-13-4-5-15(7-13)20-11-17(23)22-12-14(18)8-16(22)9-19/h13-16,20-21H,2-8,10-12H2,1H3/t13?,14-,15?,16-/m0/s1. The van der Waals surface area contributed by atoms with Crippen LogP contribution in [0.25, 0.3) is 0 Å². The van der Waals surface area contributed by atoms with Crippen LogP contribution in [0, 0.1) is 17.2 Å². The van der Waals surface area contributed by atoms with Crippen LogP contribution in [-0.2, 0) is 14.8 Å². The molecule has 2 unspecified atom stereocenters. The van der Waals surface area contributed by atoms with Crippen LogP contribution in [0.3, 0.4) is 0 Å². The number of amides is 1. The molecule has 1 heterocycles. The van der Waals surface area contributed by atoms with Gasteiger partial charge in [-0.25, -0.2) is 17.5 Å². The zero-order chi connectivity index (χ0) is 19.2. The molecule has 2 N–H and O–H groups in total. The van der Waals surface area contributed by atoms with E-state index >= 15 is 0 Å². The number of sulfonamides is 1. The second-order valence-corrected chi connectivity index (χ2v) is 9.23. The minimum atomic E-state index is -3.20. The number of alkyl halides is 1. The number of unbranched alkanes of at least 4 members (excludes halogenated alkanes) is 1. The SMILES string of the molecule is CCCCS(=O)(=O)NCC1CCC(NCC(=O)N2C[C@@H](F)C[C@H]2C#N)C1. The molecule has 0 aromatic rings. The van der Waals surface area contributed by atoms with Crippen molar-refractivity contribution in [3.63, 3.8) is 0 Å². The first-order chi connectivity index (χ1) is 12.3. The van der Waals surface area contributed by atoms with Gasteiger partial charge >= 0.3 is 0 Å². The Morgan fingerprint density at radius 2 is 2.12 bits per heavy atom. The van der Waals surface area contributed by atoms with Gasteiger partial charge in [-0.3, -0.25) is 4.79 Å². The van der Waals surface area contributed by atoms with Gasteiger partial charge in [0.25, 0.3) is 0 Å². The highest BCUT2D eigenvalue weighted by Crippen LogP contribution is 2.25. The van der Waals surface area contributed by atoms with Crippen LogP contribution in [0.1, 0.15) is 45.4 Å². The third-order valence-corrected chi connectivity index (χ3v) is 6.59. The highest BCUT2D eigenvalue weighted by Gasteiger charge is 2.35. The normalized spacial score (nSPS) is 29.0. The van der Waals surface area contributed by atoms with E-state index < -0.39 is 22.2 Å². The van der Waals surface area contributed by atoms with Gasteiger partial charge in [-0.1, -0.05) is 13.3 Å². The fourth-order valence-electron chi connectivity index (χ4n) is 3.61. The number of hydrogen-bond acceptors (Lipinski definition) is 5. The van der Waals surface area contributed by atoms with Crippen molar-refractivity contribution in [1.82, 2.24) is 14.9 Å². The first-order valence-corrected chi connectivity index (χ1v) is 11.0. The number of nitrogens with one attached hydrogen (secondary N) is 2. The molecule has 2 aliphatic rings. The zero-order valence-corrected chi connectivity index (χ0v) is 16.1. The first-order valence-electron chi connectivity index (χ1n) is 9.38. The molecule has 7 nitrogen and oxygen atoms in total. The van der Waals surface area contributed by atoms with Crippen LogP contribution in [0.5, 0.6) is 0 Å². The molecule has 1 saturated heterocycles. The molecule has 2 rings (SSSR count). The van der Waals surface area contributed by atoms with E-state index in [2.05, 4.69) is 10.0 Å². The van der Waals surface area contributed by atoms with Crippen molar-refractivity contribution >= 4 is 15.9 Å². The van der Waals surface area contributed by atoms with Crippen molar-refractivity contribution < 1.29 is 17.6 Å². The third-order valence-electron chi connectivity index (χ3n) is 5.16. The maximum atomic E-state index is 13.4. The van der Waals surface area contributed by atoms with Crippen molar-refractivity contribution in [1.29, 1.82) is 5.26 Å². The minimum absolute atomic E-state index is 0.00836. The van der Waals surface area contributed by atoms with Gasteiger partial charge in [-0.2, -0.15) is 5.26 Å². The number of halogens is 1. The van der Waals surface area contributed by atoms with Crippen molar-refractivity contribution in [3.05, 3.63) is 0 Å². The molecular formula is C17H29FN4O3S. The number of nitrogens with zero attached hydrogens (tertiary/aromatic N) is 2. The molecule has 9 heteroatoms. The molecule has 0 aromatic carbocycles. The molecule has 0 spiro atoms. The van der Waals surface area contributed by atoms with E-state index in [4.69, 9.17) is 5.26 Å². The summed E-state index contributed by atoms with van der Waals surface area (Å²) >= 11 is 0. The summed E-state index contributed by atoms with van der Waals surface area (Å²) in [5.74, 6) is 0.172. The fourth-order valence-corrected chi connectivity index (χ4v) is 4.92. The van der Waals surface area contributed by atoms with E-state index in [0.29, 0.717) is 13.0 Å². The van der Waals surface area contributed by atoms with Crippen LogP contribution in [0.15, 0.2) is 0 Å². The molecule has 0 aromatic heterocycles. The van der Waals surface area contributed by atoms with Gasteiger partial charge in [0, 0.05) is 19.0 Å². The van der Waals surface area contributed by atoms with E-state index in [1.54, 1.807) is 0 Å². The average Bonchev–Trinajstić information content (AvgIpc) is 3.22. The Morgan fingerprint density at radius 3 is 2.81 bits per heavy atom. The van der Waals surface area contributed by atoms with E-state index in [1.807, 2.05) is 13.0 Å². The van der Waals surface area contributed by atoms with Crippen molar-refractivity contribution in [2.45, 2.75) is 63.7 Å². The number of hydrogen-bond donors (Lipinski definition) is 2. The Balaban J connectivity index is 1.69. The smallest absolute Gasteiger partial charge is 0.237 e. The van der Waals surface area contributed by atoms with E-state index in [-0.39, 0.29) is 43.1 Å². The number of nitriles is 1. The Labute approximate surface area is 155 Å². The van der Waals surface area contributed by atoms with Crippen LogP contribution in [-0.4, -0.2) is 62.9 Å². The lowest BCUT2D eigenvalue weighted by Gasteiger charge is -2.21. The summed E-state index contributed by atoms with van der Waals surface area (Å²) in [5.41, 5.74) is 0. The molecule has 1 aliphatic heterocycles. The van der Waals surface area contributed by atoms with Gasteiger partial charge in [0.15, 0.2) is 0 Å². The van der Waals surface area contributed by atoms with Crippen LogP contribution < -0.4 is 10.0 Å². The second kappa shape index (κ2) is 9.62. The Kier molecular flexibility index (Phi) is 7.80. The Bertz CT molecular complexity index is 622. The lowest BCUT2D eigenvalue weighted by atomic mass is 10.1. The van der Waals surface area contributed by atoms with Gasteiger partial charge < -0.3 is 10.2 Å². The van der Waals surface area contributed by atoms with Gasteiger partial charge in [0.05, 0.1) is 24.9 Å². The summed E-state index contributed by atoms with van der Waals surface area (Å²) in [6, 6.07) is 1.45. The maximum absolute atomic E-state index is 13.4. The number of likely N-dealkylation sites (tertiary alicyclic amines) is 1. The van der Waals surface area contributed by atoms with Crippen LogP contribution >= 0.6 is 0 Å². The molecule has 1 saturated carbocycles. The summed E-state index contributed by atoms with van der Waals surface area (Å²) < 4.78 is 39.8.